The van der Waals surface area contributed by atoms with Crippen LogP contribution in [0.4, 0.5) is 17.6 Å². The maximum atomic E-state index is 12.9. The molecule has 1 saturated heterocycles. The van der Waals surface area contributed by atoms with E-state index in [-0.39, 0.29) is 0 Å². The molecule has 3 nitrogen and oxygen atoms in total. The summed E-state index contributed by atoms with van der Waals surface area (Å²) in [6.07, 6.45) is -3.96. The minimum atomic E-state index is -4.60. The zero-order valence-corrected chi connectivity index (χ0v) is 9.01. The summed E-state index contributed by atoms with van der Waals surface area (Å²) in [5, 5.41) is 2.92. The molecule has 0 aromatic rings. The van der Waals surface area contributed by atoms with Crippen molar-refractivity contribution < 1.29 is 22.4 Å². The van der Waals surface area contributed by atoms with Crippen LogP contribution in [-0.4, -0.2) is 48.3 Å². The number of carbonyl (C=O) groups is 1. The third-order valence-electron chi connectivity index (χ3n) is 2.62. The first-order chi connectivity index (χ1) is 7.28. The van der Waals surface area contributed by atoms with Crippen LogP contribution in [0.1, 0.15) is 13.8 Å². The van der Waals surface area contributed by atoms with E-state index < -0.39 is 30.3 Å². The highest BCUT2D eigenvalue weighted by Gasteiger charge is 2.53. The standard InChI is InChI=1S/C9H14F4N2O/c1-5-3-14-4-6(2)15(5)8(16)9(12,13)7(10)11/h5-7,14H,3-4H2,1-2H3. The topological polar surface area (TPSA) is 32.3 Å². The van der Waals surface area contributed by atoms with Gasteiger partial charge in [-0.1, -0.05) is 0 Å². The van der Waals surface area contributed by atoms with Crippen molar-refractivity contribution in [2.75, 3.05) is 13.1 Å². The molecule has 0 aromatic carbocycles. The number of rotatable bonds is 2. The van der Waals surface area contributed by atoms with Crippen LogP contribution >= 0.6 is 0 Å². The summed E-state index contributed by atoms with van der Waals surface area (Å²) in [5.41, 5.74) is 0. The summed E-state index contributed by atoms with van der Waals surface area (Å²) in [6, 6.07) is -1.03. The van der Waals surface area contributed by atoms with Crippen LogP contribution in [0.15, 0.2) is 0 Å². The first kappa shape index (κ1) is 13.2. The van der Waals surface area contributed by atoms with E-state index in [9.17, 15) is 22.4 Å². The summed E-state index contributed by atoms with van der Waals surface area (Å²) < 4.78 is 49.9. The van der Waals surface area contributed by atoms with E-state index in [1.165, 1.54) is 0 Å². The zero-order chi connectivity index (χ0) is 12.5. The second-order valence-electron chi connectivity index (χ2n) is 3.99. The van der Waals surface area contributed by atoms with Gasteiger partial charge in [-0.3, -0.25) is 4.79 Å². The Labute approximate surface area is 90.8 Å². The largest absolute Gasteiger partial charge is 0.383 e. The van der Waals surface area contributed by atoms with E-state index in [1.54, 1.807) is 13.8 Å². The second-order valence-corrected chi connectivity index (χ2v) is 3.99. The predicted molar refractivity (Wildman–Crippen MR) is 49.6 cm³/mol. The molecule has 0 aliphatic carbocycles. The molecular formula is C9H14F4N2O. The molecule has 0 aromatic heterocycles. The number of amides is 1. The number of hydrogen-bond donors (Lipinski definition) is 1. The molecule has 0 bridgehead atoms. The molecule has 7 heteroatoms. The van der Waals surface area contributed by atoms with Crippen molar-refractivity contribution >= 4 is 5.91 Å². The van der Waals surface area contributed by atoms with Crippen LogP contribution in [0.3, 0.4) is 0 Å². The third kappa shape index (κ3) is 2.28. The molecule has 16 heavy (non-hydrogen) atoms. The molecule has 1 N–H and O–H groups in total. The van der Waals surface area contributed by atoms with Gasteiger partial charge in [0.15, 0.2) is 0 Å². The van der Waals surface area contributed by atoms with Crippen LogP contribution in [0.25, 0.3) is 0 Å². The fourth-order valence-corrected chi connectivity index (χ4v) is 1.80. The number of nitrogens with zero attached hydrogens (tertiary/aromatic N) is 1. The Balaban J connectivity index is 2.86. The van der Waals surface area contributed by atoms with Crippen molar-refractivity contribution in [2.45, 2.75) is 38.3 Å². The maximum Gasteiger partial charge on any atom is 0.383 e. The Morgan fingerprint density at radius 3 is 2.12 bits per heavy atom. The van der Waals surface area contributed by atoms with Crippen molar-refractivity contribution in [1.82, 2.24) is 10.2 Å². The van der Waals surface area contributed by atoms with Gasteiger partial charge in [-0.25, -0.2) is 8.78 Å². The summed E-state index contributed by atoms with van der Waals surface area (Å²) >= 11 is 0. The van der Waals surface area contributed by atoms with Gasteiger partial charge in [0.2, 0.25) is 0 Å². The van der Waals surface area contributed by atoms with Gasteiger partial charge < -0.3 is 10.2 Å². The van der Waals surface area contributed by atoms with E-state index in [0.29, 0.717) is 13.1 Å². The maximum absolute atomic E-state index is 12.9. The van der Waals surface area contributed by atoms with Crippen LogP contribution in [-0.2, 0) is 4.79 Å². The average molecular weight is 242 g/mol. The first-order valence-electron chi connectivity index (χ1n) is 4.98. The molecular weight excluding hydrogens is 228 g/mol. The molecule has 1 fully saturated rings. The predicted octanol–water partition coefficient (Wildman–Crippen LogP) is 1.10. The number of alkyl halides is 4. The van der Waals surface area contributed by atoms with Gasteiger partial charge in [-0.2, -0.15) is 8.78 Å². The number of halogens is 4. The van der Waals surface area contributed by atoms with Crippen molar-refractivity contribution in [1.29, 1.82) is 0 Å². The number of piperazine rings is 1. The third-order valence-corrected chi connectivity index (χ3v) is 2.62. The monoisotopic (exact) mass is 242 g/mol. The van der Waals surface area contributed by atoms with E-state index in [2.05, 4.69) is 5.32 Å². The lowest BCUT2D eigenvalue weighted by Crippen LogP contribution is -2.61. The van der Waals surface area contributed by atoms with Crippen LogP contribution < -0.4 is 5.32 Å². The molecule has 2 atom stereocenters. The lowest BCUT2D eigenvalue weighted by atomic mass is 10.1. The fourth-order valence-electron chi connectivity index (χ4n) is 1.80. The molecule has 1 aliphatic rings. The smallest absolute Gasteiger partial charge is 0.329 e. The van der Waals surface area contributed by atoms with Crippen molar-refractivity contribution in [2.24, 2.45) is 0 Å². The van der Waals surface area contributed by atoms with E-state index in [4.69, 9.17) is 0 Å². The Kier molecular flexibility index (Phi) is 3.77. The molecule has 1 heterocycles. The fraction of sp³-hybridized carbons (Fsp3) is 0.889. The Hall–Kier alpha value is -0.850. The zero-order valence-electron chi connectivity index (χ0n) is 9.01. The second kappa shape index (κ2) is 4.57. The minimum absolute atomic E-state index is 0.329. The minimum Gasteiger partial charge on any atom is -0.329 e. The number of carbonyl (C=O) groups excluding carboxylic acids is 1. The van der Waals surface area contributed by atoms with Crippen molar-refractivity contribution in [3.05, 3.63) is 0 Å². The highest BCUT2D eigenvalue weighted by Crippen LogP contribution is 2.27. The molecule has 1 rings (SSSR count). The summed E-state index contributed by atoms with van der Waals surface area (Å²) in [6.45, 7) is 3.75. The summed E-state index contributed by atoms with van der Waals surface area (Å²) in [5.74, 6) is -6.39. The van der Waals surface area contributed by atoms with Gasteiger partial charge in [0.25, 0.3) is 5.91 Å². The van der Waals surface area contributed by atoms with Crippen molar-refractivity contribution in [3.8, 4) is 0 Å². The molecule has 1 amide bonds. The van der Waals surface area contributed by atoms with Crippen molar-refractivity contribution in [3.63, 3.8) is 0 Å². The molecule has 0 saturated carbocycles. The lowest BCUT2D eigenvalue weighted by molar-refractivity contribution is -0.185. The van der Waals surface area contributed by atoms with Gasteiger partial charge in [0.05, 0.1) is 0 Å². The Morgan fingerprint density at radius 2 is 1.75 bits per heavy atom. The first-order valence-corrected chi connectivity index (χ1v) is 4.98. The summed E-state index contributed by atoms with van der Waals surface area (Å²) in [7, 11) is 0. The molecule has 94 valence electrons. The Bertz CT molecular complexity index is 262. The number of nitrogens with one attached hydrogen (secondary N) is 1. The van der Waals surface area contributed by atoms with Gasteiger partial charge in [0.1, 0.15) is 0 Å². The number of hydrogen-bond acceptors (Lipinski definition) is 2. The SMILES string of the molecule is CC1CNCC(C)N1C(=O)C(F)(F)C(F)F. The van der Waals surface area contributed by atoms with Gasteiger partial charge in [0, 0.05) is 25.2 Å². The average Bonchev–Trinajstić information content (AvgIpc) is 2.16. The lowest BCUT2D eigenvalue weighted by Gasteiger charge is -2.40. The normalized spacial score (nSPS) is 27.3. The van der Waals surface area contributed by atoms with Crippen LogP contribution in [0, 0.1) is 0 Å². The van der Waals surface area contributed by atoms with Gasteiger partial charge in [-0.05, 0) is 13.8 Å². The van der Waals surface area contributed by atoms with Crippen LogP contribution in [0.2, 0.25) is 0 Å². The highest BCUT2D eigenvalue weighted by molar-refractivity contribution is 5.84. The molecule has 2 unspecified atom stereocenters. The summed E-state index contributed by atoms with van der Waals surface area (Å²) in [4.78, 5) is 12.2. The van der Waals surface area contributed by atoms with Gasteiger partial charge >= 0.3 is 12.3 Å². The molecule has 0 spiro atoms. The van der Waals surface area contributed by atoms with E-state index >= 15 is 0 Å². The highest BCUT2D eigenvalue weighted by atomic mass is 19.3. The van der Waals surface area contributed by atoms with E-state index in [0.717, 1.165) is 4.90 Å². The quantitative estimate of drug-likeness (QED) is 0.735. The Morgan fingerprint density at radius 1 is 1.31 bits per heavy atom. The van der Waals surface area contributed by atoms with Gasteiger partial charge in [-0.15, -0.1) is 0 Å². The molecule has 0 radical (unpaired) electrons. The van der Waals surface area contributed by atoms with Crippen LogP contribution in [0.5, 0.6) is 0 Å². The van der Waals surface area contributed by atoms with E-state index in [1.807, 2.05) is 0 Å². The molecule has 1 aliphatic heterocycles.